The Labute approximate surface area is 156 Å². The van der Waals surface area contributed by atoms with Gasteiger partial charge in [-0.1, -0.05) is 41.1 Å². The summed E-state index contributed by atoms with van der Waals surface area (Å²) in [6.07, 6.45) is 2.82. The molecule has 0 spiro atoms. The standard InChI is InChI=1S/C20H19FN4O2/c1-13-4-9-18(24-20(26)17-12-22-25(2)19(17)21)16(10-13)15-7-5-14(6-8-15)11-23-27-3/h4-12H,1-3H3,(H,24,26). The molecule has 1 amide bonds. The molecule has 3 rings (SSSR count). The lowest BCUT2D eigenvalue weighted by molar-refractivity contribution is 0.102. The van der Waals surface area contributed by atoms with E-state index in [1.54, 1.807) is 12.3 Å². The van der Waals surface area contributed by atoms with Crippen LogP contribution in [0.3, 0.4) is 0 Å². The molecule has 0 aliphatic carbocycles. The van der Waals surface area contributed by atoms with Crippen LogP contribution in [0.15, 0.2) is 53.8 Å². The van der Waals surface area contributed by atoms with Crippen molar-refractivity contribution in [2.75, 3.05) is 12.4 Å². The normalized spacial score (nSPS) is 11.0. The monoisotopic (exact) mass is 366 g/mol. The number of benzene rings is 2. The maximum Gasteiger partial charge on any atom is 0.261 e. The Balaban J connectivity index is 1.92. The van der Waals surface area contributed by atoms with Gasteiger partial charge in [-0.05, 0) is 30.2 Å². The molecule has 0 radical (unpaired) electrons. The van der Waals surface area contributed by atoms with Crippen LogP contribution in [-0.2, 0) is 11.9 Å². The number of carbonyl (C=O) groups is 1. The summed E-state index contributed by atoms with van der Waals surface area (Å²) in [4.78, 5) is 17.1. The Kier molecular flexibility index (Phi) is 5.30. The van der Waals surface area contributed by atoms with Gasteiger partial charge in [-0.15, -0.1) is 0 Å². The maximum atomic E-state index is 14.0. The highest BCUT2D eigenvalue weighted by atomic mass is 19.1. The van der Waals surface area contributed by atoms with Crippen LogP contribution in [0.25, 0.3) is 11.1 Å². The Morgan fingerprint density at radius 2 is 2.00 bits per heavy atom. The molecule has 7 heteroatoms. The van der Waals surface area contributed by atoms with Crippen LogP contribution in [0.4, 0.5) is 10.1 Å². The molecule has 0 saturated carbocycles. The van der Waals surface area contributed by atoms with E-state index < -0.39 is 11.9 Å². The molecule has 138 valence electrons. The van der Waals surface area contributed by atoms with Gasteiger partial charge in [-0.3, -0.25) is 4.79 Å². The van der Waals surface area contributed by atoms with Crippen molar-refractivity contribution >= 4 is 17.8 Å². The van der Waals surface area contributed by atoms with E-state index in [4.69, 9.17) is 0 Å². The van der Waals surface area contributed by atoms with E-state index in [1.165, 1.54) is 20.4 Å². The van der Waals surface area contributed by atoms with Crippen LogP contribution >= 0.6 is 0 Å². The zero-order valence-corrected chi connectivity index (χ0v) is 15.2. The number of oxime groups is 1. The largest absolute Gasteiger partial charge is 0.399 e. The molecule has 0 atom stereocenters. The molecule has 1 N–H and O–H groups in total. The van der Waals surface area contributed by atoms with Gasteiger partial charge in [0.25, 0.3) is 5.91 Å². The van der Waals surface area contributed by atoms with Gasteiger partial charge < -0.3 is 10.2 Å². The van der Waals surface area contributed by atoms with E-state index >= 15 is 0 Å². The van der Waals surface area contributed by atoms with Gasteiger partial charge >= 0.3 is 0 Å². The maximum absolute atomic E-state index is 14.0. The third-order valence-corrected chi connectivity index (χ3v) is 4.06. The molecule has 0 saturated heterocycles. The minimum Gasteiger partial charge on any atom is -0.399 e. The number of anilines is 1. The van der Waals surface area contributed by atoms with Crippen LogP contribution in [-0.4, -0.2) is 29.0 Å². The van der Waals surface area contributed by atoms with Gasteiger partial charge in [0.2, 0.25) is 5.95 Å². The zero-order chi connectivity index (χ0) is 19.4. The number of halogens is 1. The number of rotatable bonds is 5. The summed E-state index contributed by atoms with van der Waals surface area (Å²) in [5, 5.41) is 10.3. The van der Waals surface area contributed by atoms with Gasteiger partial charge in [-0.2, -0.15) is 9.49 Å². The second-order valence-electron chi connectivity index (χ2n) is 6.01. The Morgan fingerprint density at radius 3 is 2.63 bits per heavy atom. The highest BCUT2D eigenvalue weighted by molar-refractivity contribution is 6.06. The van der Waals surface area contributed by atoms with E-state index in [0.29, 0.717) is 5.69 Å². The molecule has 0 bridgehead atoms. The first kappa shape index (κ1) is 18.3. The second kappa shape index (κ2) is 7.82. The Hall–Kier alpha value is -3.48. The molecule has 1 heterocycles. The van der Waals surface area contributed by atoms with Gasteiger partial charge in [0.1, 0.15) is 12.7 Å². The van der Waals surface area contributed by atoms with Gasteiger partial charge in [0.15, 0.2) is 0 Å². The van der Waals surface area contributed by atoms with Crippen molar-refractivity contribution in [1.29, 1.82) is 0 Å². The number of aryl methyl sites for hydroxylation is 2. The van der Waals surface area contributed by atoms with Crippen LogP contribution in [0.2, 0.25) is 0 Å². The third-order valence-electron chi connectivity index (χ3n) is 4.06. The molecule has 0 fully saturated rings. The molecule has 1 aromatic heterocycles. The van der Waals surface area contributed by atoms with Crippen molar-refractivity contribution < 1.29 is 14.0 Å². The summed E-state index contributed by atoms with van der Waals surface area (Å²) in [6.45, 7) is 1.97. The highest BCUT2D eigenvalue weighted by Crippen LogP contribution is 2.30. The summed E-state index contributed by atoms with van der Waals surface area (Å²) in [6, 6.07) is 13.3. The molecule has 0 unspecified atom stereocenters. The molecular weight excluding hydrogens is 347 g/mol. The minimum absolute atomic E-state index is 0.102. The molecule has 2 aromatic carbocycles. The summed E-state index contributed by atoms with van der Waals surface area (Å²) in [7, 11) is 2.93. The number of amides is 1. The lowest BCUT2D eigenvalue weighted by Crippen LogP contribution is -2.14. The summed E-state index contributed by atoms with van der Waals surface area (Å²) in [5.74, 6) is -1.22. The Bertz CT molecular complexity index is 994. The van der Waals surface area contributed by atoms with E-state index in [0.717, 1.165) is 26.9 Å². The minimum atomic E-state index is -0.678. The van der Waals surface area contributed by atoms with E-state index in [1.807, 2.05) is 43.3 Å². The van der Waals surface area contributed by atoms with Crippen molar-refractivity contribution in [1.82, 2.24) is 9.78 Å². The van der Waals surface area contributed by atoms with Crippen molar-refractivity contribution in [3.63, 3.8) is 0 Å². The zero-order valence-electron chi connectivity index (χ0n) is 15.2. The van der Waals surface area contributed by atoms with Crippen molar-refractivity contribution in [2.24, 2.45) is 12.2 Å². The lowest BCUT2D eigenvalue weighted by atomic mass is 10.00. The quantitative estimate of drug-likeness (QED) is 0.552. The molecular formula is C20H19FN4O2. The predicted molar refractivity (Wildman–Crippen MR) is 102 cm³/mol. The fourth-order valence-corrected chi connectivity index (χ4v) is 2.63. The first-order valence-electron chi connectivity index (χ1n) is 8.26. The molecule has 3 aromatic rings. The van der Waals surface area contributed by atoms with Crippen LogP contribution < -0.4 is 5.32 Å². The van der Waals surface area contributed by atoms with Crippen LogP contribution in [0.1, 0.15) is 21.5 Å². The first-order chi connectivity index (χ1) is 13.0. The Morgan fingerprint density at radius 1 is 1.26 bits per heavy atom. The SMILES string of the molecule is CON=Cc1ccc(-c2cc(C)ccc2NC(=O)c2cnn(C)c2F)cc1. The average Bonchev–Trinajstić information content (AvgIpc) is 3.01. The van der Waals surface area contributed by atoms with E-state index in [2.05, 4.69) is 20.4 Å². The summed E-state index contributed by atoms with van der Waals surface area (Å²) >= 11 is 0. The van der Waals surface area contributed by atoms with Crippen molar-refractivity contribution in [2.45, 2.75) is 6.92 Å². The number of nitrogens with one attached hydrogen (secondary N) is 1. The molecule has 27 heavy (non-hydrogen) atoms. The summed E-state index contributed by atoms with van der Waals surface area (Å²) < 4.78 is 15.0. The topological polar surface area (TPSA) is 68.5 Å². The lowest BCUT2D eigenvalue weighted by Gasteiger charge is -2.12. The van der Waals surface area contributed by atoms with E-state index in [-0.39, 0.29) is 5.56 Å². The third kappa shape index (κ3) is 4.03. The predicted octanol–water partition coefficient (Wildman–Crippen LogP) is 3.77. The number of hydrogen-bond donors (Lipinski definition) is 1. The van der Waals surface area contributed by atoms with Gasteiger partial charge in [0.05, 0.1) is 12.4 Å². The number of hydrogen-bond acceptors (Lipinski definition) is 4. The van der Waals surface area contributed by atoms with Gasteiger partial charge in [0, 0.05) is 18.3 Å². The number of nitrogens with zero attached hydrogens (tertiary/aromatic N) is 3. The smallest absolute Gasteiger partial charge is 0.261 e. The first-order valence-corrected chi connectivity index (χ1v) is 8.26. The van der Waals surface area contributed by atoms with E-state index in [9.17, 15) is 9.18 Å². The number of aromatic nitrogens is 2. The second-order valence-corrected chi connectivity index (χ2v) is 6.01. The molecule has 0 aliphatic rings. The fraction of sp³-hybridized carbons (Fsp3) is 0.150. The summed E-state index contributed by atoms with van der Waals surface area (Å²) in [5.41, 5.74) is 4.16. The number of carbonyl (C=O) groups excluding carboxylic acids is 1. The van der Waals surface area contributed by atoms with Crippen molar-refractivity contribution in [3.8, 4) is 11.1 Å². The molecule has 0 aliphatic heterocycles. The van der Waals surface area contributed by atoms with Crippen LogP contribution in [0.5, 0.6) is 0 Å². The average molecular weight is 366 g/mol. The van der Waals surface area contributed by atoms with Crippen LogP contribution in [0, 0.1) is 12.9 Å². The highest BCUT2D eigenvalue weighted by Gasteiger charge is 2.17. The van der Waals surface area contributed by atoms with Gasteiger partial charge in [-0.25, -0.2) is 4.68 Å². The fourth-order valence-electron chi connectivity index (χ4n) is 2.63. The van der Waals surface area contributed by atoms with Crippen molar-refractivity contribution in [3.05, 3.63) is 71.3 Å². The molecule has 6 nitrogen and oxygen atoms in total.